The molecule has 0 aliphatic carbocycles. The highest BCUT2D eigenvalue weighted by molar-refractivity contribution is 7.10. The molecule has 8 heteroatoms. The fraction of sp³-hybridized carbons (Fsp3) is 0.350. The van der Waals surface area contributed by atoms with Crippen LogP contribution in [0.4, 0.5) is 10.5 Å². The third kappa shape index (κ3) is 2.98. The highest BCUT2D eigenvalue weighted by Gasteiger charge is 2.46. The second-order valence-electron chi connectivity index (χ2n) is 6.78. The van der Waals surface area contributed by atoms with Crippen molar-refractivity contribution in [2.24, 2.45) is 0 Å². The molecule has 0 spiro atoms. The lowest BCUT2D eigenvalue weighted by Crippen LogP contribution is -2.46. The Labute approximate surface area is 167 Å². The maximum atomic E-state index is 12.9. The molecule has 3 heterocycles. The summed E-state index contributed by atoms with van der Waals surface area (Å²) in [6, 6.07) is 8.14. The van der Waals surface area contributed by atoms with E-state index < -0.39 is 17.8 Å². The molecular formula is C20H21N3O4S. The van der Waals surface area contributed by atoms with E-state index in [0.717, 1.165) is 29.2 Å². The summed E-state index contributed by atoms with van der Waals surface area (Å²) in [5.74, 6) is -1.00. The summed E-state index contributed by atoms with van der Waals surface area (Å²) in [7, 11) is 1.54. The van der Waals surface area contributed by atoms with Crippen molar-refractivity contribution in [1.82, 2.24) is 9.80 Å². The van der Waals surface area contributed by atoms with Gasteiger partial charge < -0.3 is 4.74 Å². The molecule has 1 aromatic carbocycles. The Morgan fingerprint density at radius 2 is 1.86 bits per heavy atom. The van der Waals surface area contributed by atoms with Crippen molar-refractivity contribution < 1.29 is 19.1 Å². The molecule has 0 unspecified atom stereocenters. The predicted octanol–water partition coefficient (Wildman–Crippen LogP) is 3.02. The number of amides is 4. The molecular weight excluding hydrogens is 378 g/mol. The van der Waals surface area contributed by atoms with E-state index in [4.69, 9.17) is 4.74 Å². The van der Waals surface area contributed by atoms with Crippen LogP contribution in [-0.2, 0) is 16.0 Å². The zero-order valence-electron chi connectivity index (χ0n) is 15.8. The van der Waals surface area contributed by atoms with Crippen LogP contribution in [0.2, 0.25) is 0 Å². The van der Waals surface area contributed by atoms with Crippen LogP contribution in [0, 0.1) is 0 Å². The average Bonchev–Trinajstić information content (AvgIpc) is 3.27. The Bertz CT molecular complexity index is 924. The smallest absolute Gasteiger partial charge is 0.340 e. The zero-order chi connectivity index (χ0) is 19.8. The van der Waals surface area contributed by atoms with Crippen LogP contribution in [0.25, 0.3) is 0 Å². The first-order chi connectivity index (χ1) is 13.5. The summed E-state index contributed by atoms with van der Waals surface area (Å²) in [5.41, 5.74) is 1.62. The highest BCUT2D eigenvalue weighted by atomic mass is 32.1. The van der Waals surface area contributed by atoms with Crippen molar-refractivity contribution in [1.29, 1.82) is 0 Å². The van der Waals surface area contributed by atoms with Crippen molar-refractivity contribution in [3.05, 3.63) is 46.2 Å². The summed E-state index contributed by atoms with van der Waals surface area (Å²) in [4.78, 5) is 43.4. The molecule has 7 nitrogen and oxygen atoms in total. The molecule has 0 bridgehead atoms. The standard InChI is InChI=1S/C20H21N3O4S/c1-3-16-15-9-11-28-17(15)8-10-21(16)12-22-18(24)19(25)23(20(22)26)13-4-6-14(27-2)7-5-13/h4-7,9,11,16H,3,8,10,12H2,1-2H3/t16-/m0/s1. The molecule has 0 N–H and O–H groups in total. The zero-order valence-corrected chi connectivity index (χ0v) is 16.6. The number of fused-ring (bicyclic) bond motifs is 1. The summed E-state index contributed by atoms with van der Waals surface area (Å²) in [6.07, 6.45) is 1.76. The quantitative estimate of drug-likeness (QED) is 0.571. The largest absolute Gasteiger partial charge is 0.497 e. The second kappa shape index (κ2) is 7.37. The summed E-state index contributed by atoms with van der Waals surface area (Å²) < 4.78 is 5.10. The second-order valence-corrected chi connectivity index (χ2v) is 7.78. The van der Waals surface area contributed by atoms with E-state index in [1.807, 2.05) is 0 Å². The van der Waals surface area contributed by atoms with Gasteiger partial charge in [0.2, 0.25) is 0 Å². The van der Waals surface area contributed by atoms with Crippen LogP contribution in [-0.4, -0.2) is 48.0 Å². The number of rotatable bonds is 5. The lowest BCUT2D eigenvalue weighted by atomic mass is 9.98. The minimum absolute atomic E-state index is 0.115. The summed E-state index contributed by atoms with van der Waals surface area (Å²) in [5, 5.41) is 2.08. The summed E-state index contributed by atoms with van der Waals surface area (Å²) in [6.45, 7) is 2.95. The van der Waals surface area contributed by atoms with Crippen molar-refractivity contribution in [3.8, 4) is 5.75 Å². The average molecular weight is 399 g/mol. The Hall–Kier alpha value is -2.71. The van der Waals surface area contributed by atoms with E-state index in [1.165, 1.54) is 17.6 Å². The lowest BCUT2D eigenvalue weighted by molar-refractivity contribution is -0.140. The molecule has 146 valence electrons. The molecule has 1 saturated heterocycles. The van der Waals surface area contributed by atoms with Gasteiger partial charge in [0, 0.05) is 17.5 Å². The first-order valence-corrected chi connectivity index (χ1v) is 10.1. The van der Waals surface area contributed by atoms with E-state index in [1.54, 1.807) is 35.6 Å². The van der Waals surface area contributed by atoms with Crippen molar-refractivity contribution in [2.75, 3.05) is 25.2 Å². The fourth-order valence-electron chi connectivity index (χ4n) is 3.87. The van der Waals surface area contributed by atoms with Gasteiger partial charge in [-0.25, -0.2) is 14.6 Å². The number of ether oxygens (including phenoxy) is 1. The molecule has 2 aliphatic heterocycles. The van der Waals surface area contributed by atoms with E-state index in [2.05, 4.69) is 23.3 Å². The predicted molar refractivity (Wildman–Crippen MR) is 105 cm³/mol. The van der Waals surface area contributed by atoms with Gasteiger partial charge in [0.05, 0.1) is 19.5 Å². The number of benzene rings is 1. The Morgan fingerprint density at radius 1 is 1.11 bits per heavy atom. The van der Waals surface area contributed by atoms with Gasteiger partial charge in [-0.3, -0.25) is 14.5 Å². The number of hydrogen-bond acceptors (Lipinski definition) is 6. The first-order valence-electron chi connectivity index (χ1n) is 9.19. The molecule has 1 atom stereocenters. The summed E-state index contributed by atoms with van der Waals surface area (Å²) >= 11 is 1.74. The van der Waals surface area contributed by atoms with Crippen molar-refractivity contribution >= 4 is 34.9 Å². The van der Waals surface area contributed by atoms with Gasteiger partial charge >= 0.3 is 17.8 Å². The van der Waals surface area contributed by atoms with Gasteiger partial charge in [0.15, 0.2) is 0 Å². The normalized spacial score (nSPS) is 20.1. The third-order valence-corrected chi connectivity index (χ3v) is 6.30. The minimum Gasteiger partial charge on any atom is -0.497 e. The van der Waals surface area contributed by atoms with Crippen molar-refractivity contribution in [3.63, 3.8) is 0 Å². The molecule has 4 amide bonds. The van der Waals surface area contributed by atoms with Crippen molar-refractivity contribution in [2.45, 2.75) is 25.8 Å². The molecule has 1 fully saturated rings. The number of thiophene rings is 1. The highest BCUT2D eigenvalue weighted by Crippen LogP contribution is 2.36. The Balaban J connectivity index is 1.56. The maximum absolute atomic E-state index is 12.9. The molecule has 28 heavy (non-hydrogen) atoms. The number of anilines is 1. The molecule has 2 aromatic rings. The van der Waals surface area contributed by atoms with E-state index in [9.17, 15) is 14.4 Å². The molecule has 0 radical (unpaired) electrons. The minimum atomic E-state index is -0.823. The van der Waals surface area contributed by atoms with Crippen LogP contribution < -0.4 is 9.64 Å². The van der Waals surface area contributed by atoms with Crippen LogP contribution >= 0.6 is 11.3 Å². The molecule has 0 saturated carbocycles. The number of carbonyl (C=O) groups excluding carboxylic acids is 3. The number of hydrogen-bond donors (Lipinski definition) is 0. The van der Waals surface area contributed by atoms with E-state index >= 15 is 0 Å². The van der Waals surface area contributed by atoms with Gasteiger partial charge in [0.25, 0.3) is 0 Å². The maximum Gasteiger partial charge on any atom is 0.340 e. The monoisotopic (exact) mass is 399 g/mol. The number of methoxy groups -OCH3 is 1. The van der Waals surface area contributed by atoms with Crippen LogP contribution in [0.1, 0.15) is 29.8 Å². The van der Waals surface area contributed by atoms with Gasteiger partial charge in [-0.15, -0.1) is 11.3 Å². The first kappa shape index (κ1) is 18.6. The molecule has 1 aromatic heterocycles. The topological polar surface area (TPSA) is 70.2 Å². The number of imide groups is 2. The van der Waals surface area contributed by atoms with Gasteiger partial charge in [-0.1, -0.05) is 6.92 Å². The Kier molecular flexibility index (Phi) is 4.91. The SMILES string of the molecule is CC[C@H]1c2ccsc2CCN1CN1C(=O)C(=O)N(c2ccc(OC)cc2)C1=O. The van der Waals surface area contributed by atoms with Gasteiger partial charge in [0.1, 0.15) is 5.75 Å². The molecule has 4 rings (SSSR count). The number of urea groups is 1. The van der Waals surface area contributed by atoms with Crippen LogP contribution in [0.3, 0.4) is 0 Å². The third-order valence-electron chi connectivity index (χ3n) is 5.30. The number of carbonyl (C=O) groups is 3. The van der Waals surface area contributed by atoms with Gasteiger partial charge in [-0.2, -0.15) is 0 Å². The lowest BCUT2D eigenvalue weighted by Gasteiger charge is -2.36. The Morgan fingerprint density at radius 3 is 2.54 bits per heavy atom. The van der Waals surface area contributed by atoms with Crippen LogP contribution in [0.15, 0.2) is 35.7 Å². The van der Waals surface area contributed by atoms with E-state index in [0.29, 0.717) is 11.4 Å². The number of nitrogens with zero attached hydrogens (tertiary/aromatic N) is 3. The fourth-order valence-corrected chi connectivity index (χ4v) is 4.79. The van der Waals surface area contributed by atoms with Gasteiger partial charge in [-0.05, 0) is 54.1 Å². The van der Waals surface area contributed by atoms with Crippen LogP contribution in [0.5, 0.6) is 5.75 Å². The molecule has 2 aliphatic rings. The van der Waals surface area contributed by atoms with E-state index in [-0.39, 0.29) is 12.7 Å².